The molecule has 2 saturated carbocycles. The highest BCUT2D eigenvalue weighted by Crippen LogP contribution is 2.46. The Labute approximate surface area is 223 Å². The van der Waals surface area contributed by atoms with E-state index < -0.39 is 68.4 Å². The molecule has 5 atom stereocenters. The zero-order valence-electron chi connectivity index (χ0n) is 22.1. The molecule has 12 nitrogen and oxygen atoms in total. The van der Waals surface area contributed by atoms with E-state index in [1.165, 1.54) is 4.90 Å². The number of amides is 4. The number of carbonyl (C=O) groups is 4. The molecule has 0 aromatic heterocycles. The molecular weight excluding hydrogens is 516 g/mol. The number of fused-ring (bicyclic) bond motifs is 2. The van der Waals surface area contributed by atoms with E-state index in [1.807, 2.05) is 12.2 Å². The number of carbonyl (C=O) groups excluding carboxylic acids is 4. The third-order valence-corrected chi connectivity index (χ3v) is 9.12. The van der Waals surface area contributed by atoms with Crippen molar-refractivity contribution in [1.29, 1.82) is 0 Å². The van der Waals surface area contributed by atoms with Crippen molar-refractivity contribution in [3.8, 4) is 0 Å². The number of aliphatic hydroxyl groups is 1. The van der Waals surface area contributed by atoms with Gasteiger partial charge in [-0.25, -0.2) is 13.2 Å². The van der Waals surface area contributed by atoms with Crippen LogP contribution in [0.3, 0.4) is 0 Å². The largest absolute Gasteiger partial charge is 0.444 e. The maximum atomic E-state index is 13.6. The number of nitrogens with zero attached hydrogens (tertiary/aromatic N) is 1. The summed E-state index contributed by atoms with van der Waals surface area (Å²) in [5.74, 6) is -2.36. The predicted octanol–water partition coefficient (Wildman–Crippen LogP) is 0.455. The summed E-state index contributed by atoms with van der Waals surface area (Å²) in [6.07, 6.45) is 5.39. The van der Waals surface area contributed by atoms with Crippen LogP contribution < -0.4 is 15.4 Å². The van der Waals surface area contributed by atoms with E-state index in [4.69, 9.17) is 4.74 Å². The van der Waals surface area contributed by atoms with Gasteiger partial charge in [0.25, 0.3) is 5.91 Å². The number of alkyl carbamates (subject to hydrolysis) is 1. The second-order valence-electron chi connectivity index (χ2n) is 11.8. The fourth-order valence-electron chi connectivity index (χ4n) is 5.05. The van der Waals surface area contributed by atoms with Crippen molar-refractivity contribution in [2.75, 3.05) is 6.54 Å². The second-order valence-corrected chi connectivity index (χ2v) is 13.7. The van der Waals surface area contributed by atoms with Gasteiger partial charge in [-0.1, -0.05) is 18.6 Å². The van der Waals surface area contributed by atoms with E-state index in [-0.39, 0.29) is 25.3 Å². The maximum absolute atomic E-state index is 13.6. The van der Waals surface area contributed by atoms with Crippen LogP contribution in [-0.4, -0.2) is 83.4 Å². The molecule has 2 aliphatic carbocycles. The van der Waals surface area contributed by atoms with Crippen molar-refractivity contribution in [1.82, 2.24) is 20.3 Å². The summed E-state index contributed by atoms with van der Waals surface area (Å²) in [5, 5.41) is 15.1. The van der Waals surface area contributed by atoms with Gasteiger partial charge in [0.15, 0.2) is 0 Å². The minimum atomic E-state index is -3.82. The number of sulfonamides is 1. The number of hydrogen-bond acceptors (Lipinski definition) is 8. The average Bonchev–Trinajstić information content (AvgIpc) is 3.71. The van der Waals surface area contributed by atoms with Gasteiger partial charge in [-0.2, -0.15) is 0 Å². The van der Waals surface area contributed by atoms with Gasteiger partial charge in [0.2, 0.25) is 21.8 Å². The lowest BCUT2D eigenvalue weighted by Gasteiger charge is -2.30. The van der Waals surface area contributed by atoms with Crippen LogP contribution in [0.5, 0.6) is 0 Å². The fraction of sp³-hybridized carbons (Fsp3) is 0.760. The zero-order valence-corrected chi connectivity index (χ0v) is 22.9. The maximum Gasteiger partial charge on any atom is 0.408 e. The molecule has 2 heterocycles. The van der Waals surface area contributed by atoms with Gasteiger partial charge in [-0.3, -0.25) is 19.1 Å². The van der Waals surface area contributed by atoms with E-state index in [0.717, 1.165) is 0 Å². The number of allylic oxidation sites excluding steroid dienone is 1. The van der Waals surface area contributed by atoms with Gasteiger partial charge in [0, 0.05) is 18.9 Å². The zero-order chi connectivity index (χ0) is 27.9. The molecule has 38 heavy (non-hydrogen) atoms. The van der Waals surface area contributed by atoms with Crippen molar-refractivity contribution in [3.05, 3.63) is 12.2 Å². The van der Waals surface area contributed by atoms with Gasteiger partial charge in [0.05, 0.1) is 11.4 Å². The summed E-state index contributed by atoms with van der Waals surface area (Å²) in [6.45, 7) is 5.01. The molecular formula is C25H38N4O8S. The Morgan fingerprint density at radius 1 is 1.18 bits per heavy atom. The lowest BCUT2D eigenvalue weighted by molar-refractivity contribution is -0.141. The Morgan fingerprint density at radius 3 is 2.55 bits per heavy atom. The van der Waals surface area contributed by atoms with Gasteiger partial charge in [-0.15, -0.1) is 0 Å². The smallest absolute Gasteiger partial charge is 0.408 e. The molecule has 2 aliphatic heterocycles. The van der Waals surface area contributed by atoms with Crippen LogP contribution in [0, 0.1) is 5.92 Å². The van der Waals surface area contributed by atoms with Gasteiger partial charge >= 0.3 is 6.09 Å². The van der Waals surface area contributed by atoms with E-state index in [2.05, 4.69) is 15.4 Å². The Balaban J connectivity index is 1.56. The normalized spacial score (nSPS) is 32.4. The van der Waals surface area contributed by atoms with Crippen LogP contribution in [-0.2, 0) is 29.1 Å². The molecule has 4 aliphatic rings. The first-order chi connectivity index (χ1) is 17.7. The number of rotatable bonds is 4. The molecule has 0 radical (unpaired) electrons. The first kappa shape index (κ1) is 28.3. The van der Waals surface area contributed by atoms with E-state index in [0.29, 0.717) is 38.5 Å². The quantitative estimate of drug-likeness (QED) is 0.363. The van der Waals surface area contributed by atoms with Gasteiger partial charge in [-0.05, 0) is 59.3 Å². The minimum absolute atomic E-state index is 0.0463. The predicted molar refractivity (Wildman–Crippen MR) is 136 cm³/mol. The third kappa shape index (κ3) is 6.48. The Kier molecular flexibility index (Phi) is 7.81. The van der Waals surface area contributed by atoms with Gasteiger partial charge < -0.3 is 25.4 Å². The van der Waals surface area contributed by atoms with Crippen molar-refractivity contribution >= 4 is 33.8 Å². The molecule has 3 fully saturated rings. The van der Waals surface area contributed by atoms with Crippen molar-refractivity contribution < 1.29 is 37.4 Å². The second kappa shape index (κ2) is 10.5. The van der Waals surface area contributed by atoms with Crippen LogP contribution in [0.4, 0.5) is 4.79 Å². The molecule has 4 rings (SSSR count). The van der Waals surface area contributed by atoms with Crippen LogP contribution in [0.1, 0.15) is 72.1 Å². The first-order valence-electron chi connectivity index (χ1n) is 13.2. The highest BCUT2D eigenvalue weighted by molar-refractivity contribution is 7.91. The van der Waals surface area contributed by atoms with E-state index in [1.54, 1.807) is 20.8 Å². The number of ether oxygens (including phenoxy) is 1. The standard InChI is InChI=1S/C25H38N4O8S/c1-24(2,3)37-23(34)26-18-9-7-5-4-6-8-15-13-25(15,22(33)28-38(35,36)17-10-11-17)27-20(31)19-12-16(30)14-29(19)21(18)32/h6,8,15-19,30H,4-5,7,9-14H2,1-3H3,(H,26,34)(H,27,31)(H,28,33)/t15-,16-,18+,19+,25-/m1/s1. The van der Waals surface area contributed by atoms with E-state index in [9.17, 15) is 32.7 Å². The first-order valence-corrected chi connectivity index (χ1v) is 14.8. The summed E-state index contributed by atoms with van der Waals surface area (Å²) in [6, 6.07) is -2.05. The van der Waals surface area contributed by atoms with Crippen LogP contribution in [0.25, 0.3) is 0 Å². The molecule has 4 N–H and O–H groups in total. The topological polar surface area (TPSA) is 171 Å². The highest BCUT2D eigenvalue weighted by atomic mass is 32.2. The molecule has 0 bridgehead atoms. The lowest BCUT2D eigenvalue weighted by Crippen LogP contribution is -2.58. The molecule has 0 spiro atoms. The third-order valence-electron chi connectivity index (χ3n) is 7.30. The monoisotopic (exact) mass is 554 g/mol. The van der Waals surface area contributed by atoms with Crippen LogP contribution in [0.15, 0.2) is 12.2 Å². The number of nitrogens with one attached hydrogen (secondary N) is 3. The molecule has 4 amide bonds. The van der Waals surface area contributed by atoms with Gasteiger partial charge in [0.1, 0.15) is 23.2 Å². The molecule has 1 saturated heterocycles. The molecule has 13 heteroatoms. The van der Waals surface area contributed by atoms with Crippen molar-refractivity contribution in [2.45, 2.75) is 107 Å². The summed E-state index contributed by atoms with van der Waals surface area (Å²) in [7, 11) is -3.82. The molecule has 0 aromatic rings. The Morgan fingerprint density at radius 2 is 1.89 bits per heavy atom. The molecule has 0 aromatic carbocycles. The average molecular weight is 555 g/mol. The molecule has 212 valence electrons. The van der Waals surface area contributed by atoms with Crippen LogP contribution in [0.2, 0.25) is 0 Å². The summed E-state index contributed by atoms with van der Waals surface area (Å²) in [5.41, 5.74) is -2.22. The minimum Gasteiger partial charge on any atom is -0.444 e. The molecule has 0 unspecified atom stereocenters. The highest BCUT2D eigenvalue weighted by Gasteiger charge is 2.62. The van der Waals surface area contributed by atoms with Crippen LogP contribution >= 0.6 is 0 Å². The lowest BCUT2D eigenvalue weighted by atomic mass is 10.0. The van der Waals surface area contributed by atoms with Crippen molar-refractivity contribution in [3.63, 3.8) is 0 Å². The summed E-state index contributed by atoms with van der Waals surface area (Å²) >= 11 is 0. The van der Waals surface area contributed by atoms with Crippen molar-refractivity contribution in [2.24, 2.45) is 5.92 Å². The summed E-state index contributed by atoms with van der Waals surface area (Å²) in [4.78, 5) is 53.9. The SMILES string of the molecule is CC(C)(C)OC(=O)N[C@H]1CCCCC=C[C@@H]2C[C@@]2(C(=O)NS(=O)(=O)C2CC2)NC(=O)[C@@H]2C[C@@H](O)CN2C1=O. The Hall–Kier alpha value is -2.67. The van der Waals surface area contributed by atoms with E-state index >= 15 is 0 Å². The summed E-state index contributed by atoms with van der Waals surface area (Å²) < 4.78 is 32.3. The Bertz CT molecular complexity index is 1110. The number of aliphatic hydroxyl groups excluding tert-OH is 1. The fourth-order valence-corrected chi connectivity index (χ4v) is 6.42. The number of hydrogen-bond donors (Lipinski definition) is 4.